The maximum Gasteiger partial charge on any atom is 0.242 e. The summed E-state index contributed by atoms with van der Waals surface area (Å²) in [5, 5.41) is 3.47. The fraction of sp³-hybridized carbons (Fsp3) is 0.481. The number of carbonyl (C=O) groups excluding carboxylic acids is 2. The van der Waals surface area contributed by atoms with Crippen LogP contribution >= 0.6 is 11.6 Å². The molecule has 0 aliphatic rings. The molecular formula is C27H38ClN3O4S. The van der Waals surface area contributed by atoms with Crippen molar-refractivity contribution in [3.8, 4) is 0 Å². The van der Waals surface area contributed by atoms with Crippen LogP contribution in [0.5, 0.6) is 0 Å². The summed E-state index contributed by atoms with van der Waals surface area (Å²) in [5.41, 5.74) is 1.58. The summed E-state index contributed by atoms with van der Waals surface area (Å²) in [6.45, 7) is 7.04. The number of anilines is 1. The van der Waals surface area contributed by atoms with E-state index in [0.29, 0.717) is 49.0 Å². The van der Waals surface area contributed by atoms with E-state index in [0.717, 1.165) is 11.8 Å². The van der Waals surface area contributed by atoms with Crippen LogP contribution in [0.4, 0.5) is 5.69 Å². The van der Waals surface area contributed by atoms with Crippen molar-refractivity contribution in [2.45, 2.75) is 52.5 Å². The zero-order valence-corrected chi connectivity index (χ0v) is 23.2. The van der Waals surface area contributed by atoms with Crippen molar-refractivity contribution >= 4 is 39.1 Å². The number of carbonyl (C=O) groups is 2. The molecule has 0 bridgehead atoms. The molecule has 0 radical (unpaired) electrons. The maximum atomic E-state index is 13.4. The standard InChI is InChI=1S/C27H38ClN3O4S/c1-5-25(27(33)29-20-21(2)3)30(19-17-22-10-7-6-8-11-22)26(32)12-9-18-31(36(4,34)35)24-15-13-23(28)14-16-24/h6-8,10-11,13-16,21,25H,5,9,12,17-20H2,1-4H3,(H,29,33)/t25-/m1/s1. The molecule has 2 rings (SSSR count). The van der Waals surface area contributed by atoms with Gasteiger partial charge in [-0.3, -0.25) is 13.9 Å². The summed E-state index contributed by atoms with van der Waals surface area (Å²) in [6.07, 6.45) is 2.70. The van der Waals surface area contributed by atoms with Crippen LogP contribution in [-0.4, -0.2) is 57.1 Å². The third-order valence-corrected chi connectivity index (χ3v) is 7.27. The van der Waals surface area contributed by atoms with Gasteiger partial charge in [-0.25, -0.2) is 8.42 Å². The van der Waals surface area contributed by atoms with Crippen LogP contribution in [0.3, 0.4) is 0 Å². The number of halogens is 1. The predicted molar refractivity (Wildman–Crippen MR) is 147 cm³/mol. The highest BCUT2D eigenvalue weighted by molar-refractivity contribution is 7.92. The lowest BCUT2D eigenvalue weighted by Gasteiger charge is -2.31. The molecule has 0 unspecified atom stereocenters. The Bertz CT molecular complexity index is 1080. The van der Waals surface area contributed by atoms with Gasteiger partial charge in [0, 0.05) is 31.1 Å². The molecule has 2 aromatic carbocycles. The van der Waals surface area contributed by atoms with E-state index in [-0.39, 0.29) is 24.8 Å². The number of amides is 2. The van der Waals surface area contributed by atoms with Crippen molar-refractivity contribution in [1.82, 2.24) is 10.2 Å². The lowest BCUT2D eigenvalue weighted by molar-refractivity contribution is -0.140. The molecule has 9 heteroatoms. The minimum atomic E-state index is -3.54. The first-order valence-electron chi connectivity index (χ1n) is 12.4. The maximum absolute atomic E-state index is 13.4. The summed E-state index contributed by atoms with van der Waals surface area (Å²) >= 11 is 5.94. The van der Waals surface area contributed by atoms with E-state index in [9.17, 15) is 18.0 Å². The van der Waals surface area contributed by atoms with Crippen LogP contribution in [0.2, 0.25) is 5.02 Å². The molecule has 0 fully saturated rings. The molecule has 36 heavy (non-hydrogen) atoms. The second kappa shape index (κ2) is 14.2. The molecule has 2 aromatic rings. The molecule has 0 heterocycles. The average molecular weight is 536 g/mol. The Labute approximate surface area is 220 Å². The quantitative estimate of drug-likeness (QED) is 0.385. The predicted octanol–water partition coefficient (Wildman–Crippen LogP) is 4.51. The van der Waals surface area contributed by atoms with E-state index in [1.165, 1.54) is 4.31 Å². The van der Waals surface area contributed by atoms with E-state index in [2.05, 4.69) is 5.32 Å². The van der Waals surface area contributed by atoms with Gasteiger partial charge in [-0.15, -0.1) is 0 Å². The van der Waals surface area contributed by atoms with Crippen molar-refractivity contribution in [2.24, 2.45) is 5.92 Å². The van der Waals surface area contributed by atoms with E-state index in [1.54, 1.807) is 29.2 Å². The van der Waals surface area contributed by atoms with Gasteiger partial charge in [-0.2, -0.15) is 0 Å². The van der Waals surface area contributed by atoms with Gasteiger partial charge < -0.3 is 10.2 Å². The van der Waals surface area contributed by atoms with Crippen molar-refractivity contribution in [3.63, 3.8) is 0 Å². The molecule has 0 aliphatic heterocycles. The molecule has 0 saturated carbocycles. The third kappa shape index (κ3) is 9.47. The molecule has 0 spiro atoms. The summed E-state index contributed by atoms with van der Waals surface area (Å²) in [6, 6.07) is 15.8. The molecular weight excluding hydrogens is 498 g/mol. The van der Waals surface area contributed by atoms with Crippen LogP contribution < -0.4 is 9.62 Å². The average Bonchev–Trinajstić information content (AvgIpc) is 2.83. The van der Waals surface area contributed by atoms with Gasteiger partial charge in [0.05, 0.1) is 11.9 Å². The molecule has 1 atom stereocenters. The van der Waals surface area contributed by atoms with Gasteiger partial charge in [-0.05, 0) is 55.0 Å². The molecule has 0 aliphatic carbocycles. The van der Waals surface area contributed by atoms with Gasteiger partial charge in [0.25, 0.3) is 0 Å². The van der Waals surface area contributed by atoms with E-state index < -0.39 is 16.1 Å². The number of nitrogens with zero attached hydrogens (tertiary/aromatic N) is 2. The molecule has 0 saturated heterocycles. The number of benzene rings is 2. The number of nitrogens with one attached hydrogen (secondary N) is 1. The summed E-state index contributed by atoms with van der Waals surface area (Å²) in [7, 11) is -3.54. The van der Waals surface area contributed by atoms with Crippen LogP contribution in [0.1, 0.15) is 45.6 Å². The van der Waals surface area contributed by atoms with Crippen molar-refractivity contribution in [1.29, 1.82) is 0 Å². The Balaban J connectivity index is 2.14. The van der Waals surface area contributed by atoms with Gasteiger partial charge >= 0.3 is 0 Å². The van der Waals surface area contributed by atoms with Gasteiger partial charge in [0.2, 0.25) is 21.8 Å². The topological polar surface area (TPSA) is 86.8 Å². The SMILES string of the molecule is CC[C@H](C(=O)NCC(C)C)N(CCc1ccccc1)C(=O)CCCN(c1ccc(Cl)cc1)S(C)(=O)=O. The molecule has 0 aromatic heterocycles. The highest BCUT2D eigenvalue weighted by Crippen LogP contribution is 2.21. The van der Waals surface area contributed by atoms with Crippen LogP contribution in [0, 0.1) is 5.92 Å². The number of hydrogen-bond donors (Lipinski definition) is 1. The Morgan fingerprint density at radius 2 is 1.64 bits per heavy atom. The number of sulfonamides is 1. The van der Waals surface area contributed by atoms with Crippen LogP contribution in [0.25, 0.3) is 0 Å². The lowest BCUT2D eigenvalue weighted by Crippen LogP contribution is -2.50. The highest BCUT2D eigenvalue weighted by Gasteiger charge is 2.28. The third-order valence-electron chi connectivity index (χ3n) is 5.82. The summed E-state index contributed by atoms with van der Waals surface area (Å²) in [4.78, 5) is 28.0. The lowest BCUT2D eigenvalue weighted by atomic mass is 10.1. The van der Waals surface area contributed by atoms with Gasteiger partial charge in [0.15, 0.2) is 0 Å². The second-order valence-corrected chi connectivity index (χ2v) is 11.6. The van der Waals surface area contributed by atoms with Crippen LogP contribution in [-0.2, 0) is 26.0 Å². The fourth-order valence-corrected chi connectivity index (χ4v) is 5.02. The van der Waals surface area contributed by atoms with E-state index in [1.807, 2.05) is 51.1 Å². The van der Waals surface area contributed by atoms with Gasteiger partial charge in [0.1, 0.15) is 6.04 Å². The monoisotopic (exact) mass is 535 g/mol. The molecule has 1 N–H and O–H groups in total. The molecule has 2 amide bonds. The smallest absolute Gasteiger partial charge is 0.242 e. The Kier molecular flexibility index (Phi) is 11.7. The summed E-state index contributed by atoms with van der Waals surface area (Å²) < 4.78 is 26.1. The van der Waals surface area contributed by atoms with Crippen molar-refractivity contribution in [3.05, 3.63) is 65.2 Å². The normalized spacial score (nSPS) is 12.3. The summed E-state index contributed by atoms with van der Waals surface area (Å²) in [5.74, 6) is -0.0247. The van der Waals surface area contributed by atoms with Crippen LogP contribution in [0.15, 0.2) is 54.6 Å². The van der Waals surface area contributed by atoms with E-state index >= 15 is 0 Å². The Morgan fingerprint density at radius 1 is 1.00 bits per heavy atom. The zero-order valence-electron chi connectivity index (χ0n) is 21.6. The second-order valence-electron chi connectivity index (χ2n) is 9.30. The largest absolute Gasteiger partial charge is 0.354 e. The van der Waals surface area contributed by atoms with Crippen molar-refractivity contribution in [2.75, 3.05) is 30.2 Å². The minimum Gasteiger partial charge on any atom is -0.354 e. The molecule has 7 nitrogen and oxygen atoms in total. The highest BCUT2D eigenvalue weighted by atomic mass is 35.5. The Hall–Kier alpha value is -2.58. The zero-order chi connectivity index (χ0) is 26.7. The Morgan fingerprint density at radius 3 is 2.19 bits per heavy atom. The first-order valence-corrected chi connectivity index (χ1v) is 14.6. The minimum absolute atomic E-state index is 0.127. The molecule has 198 valence electrons. The number of rotatable bonds is 14. The number of hydrogen-bond acceptors (Lipinski definition) is 4. The van der Waals surface area contributed by atoms with Crippen molar-refractivity contribution < 1.29 is 18.0 Å². The fourth-order valence-electron chi connectivity index (χ4n) is 3.93. The first-order chi connectivity index (χ1) is 17.0. The van der Waals surface area contributed by atoms with Gasteiger partial charge in [-0.1, -0.05) is 62.7 Å². The first kappa shape index (κ1) is 29.6. The van der Waals surface area contributed by atoms with E-state index in [4.69, 9.17) is 11.6 Å².